The molecule has 1 aromatic rings. The molecule has 0 aromatic heterocycles. The van der Waals surface area contributed by atoms with E-state index in [1.807, 2.05) is 32.6 Å². The maximum absolute atomic E-state index is 12.5. The van der Waals surface area contributed by atoms with Crippen molar-refractivity contribution in [2.45, 2.75) is 39.9 Å². The normalized spacial score (nSPS) is 21.6. The number of hydrogen-bond donors (Lipinski definition) is 0. The lowest BCUT2D eigenvalue weighted by atomic mass is 10.2. The number of carbonyl (C=O) groups excluding carboxylic acids is 1. The van der Waals surface area contributed by atoms with Crippen LogP contribution >= 0.6 is 23.2 Å². The molecule has 0 radical (unpaired) electrons. The fraction of sp³-hybridized carbons (Fsp3) is 0.556. The SMILES string of the molecule is CC(C)COC(=NC(=O)c1ccc(Cl)c(Cl)c1)N1CC(C)OC(C)C1. The molecule has 0 bridgehead atoms. The predicted octanol–water partition coefficient (Wildman–Crippen LogP) is 4.27. The van der Waals surface area contributed by atoms with Gasteiger partial charge in [0.2, 0.25) is 0 Å². The number of nitrogens with zero attached hydrogens (tertiary/aromatic N) is 2. The van der Waals surface area contributed by atoms with Crippen LogP contribution in [0.15, 0.2) is 23.2 Å². The number of halogens is 2. The van der Waals surface area contributed by atoms with Crippen LogP contribution in [0.3, 0.4) is 0 Å². The molecule has 7 heteroatoms. The number of hydrogen-bond acceptors (Lipinski definition) is 3. The Kier molecular flexibility index (Phi) is 7.11. The van der Waals surface area contributed by atoms with E-state index in [1.54, 1.807) is 12.1 Å². The number of ether oxygens (including phenoxy) is 2. The summed E-state index contributed by atoms with van der Waals surface area (Å²) in [6.45, 7) is 9.79. The molecule has 25 heavy (non-hydrogen) atoms. The Morgan fingerprint density at radius 2 is 1.92 bits per heavy atom. The lowest BCUT2D eigenvalue weighted by Crippen LogP contribution is -2.49. The Labute approximate surface area is 158 Å². The van der Waals surface area contributed by atoms with Crippen molar-refractivity contribution in [2.75, 3.05) is 19.7 Å². The third-order valence-electron chi connectivity index (χ3n) is 3.60. The average molecular weight is 387 g/mol. The molecule has 0 spiro atoms. The van der Waals surface area contributed by atoms with Crippen molar-refractivity contribution >= 4 is 35.1 Å². The summed E-state index contributed by atoms with van der Waals surface area (Å²) in [7, 11) is 0. The molecule has 1 amide bonds. The first kappa shape index (κ1) is 20.0. The number of amides is 1. The van der Waals surface area contributed by atoms with Gasteiger partial charge in [0, 0.05) is 18.7 Å². The third kappa shape index (κ3) is 5.87. The highest BCUT2D eigenvalue weighted by Gasteiger charge is 2.26. The second-order valence-electron chi connectivity index (χ2n) is 6.70. The summed E-state index contributed by atoms with van der Waals surface area (Å²) in [4.78, 5) is 18.7. The van der Waals surface area contributed by atoms with Gasteiger partial charge in [-0.2, -0.15) is 4.99 Å². The highest BCUT2D eigenvalue weighted by Crippen LogP contribution is 2.23. The molecule has 1 fully saturated rings. The lowest BCUT2D eigenvalue weighted by Gasteiger charge is -2.36. The zero-order valence-corrected chi connectivity index (χ0v) is 16.5. The van der Waals surface area contributed by atoms with Crippen LogP contribution in [0.5, 0.6) is 0 Å². The van der Waals surface area contributed by atoms with Gasteiger partial charge in [-0.05, 0) is 38.0 Å². The molecular weight excluding hydrogens is 363 g/mol. The summed E-state index contributed by atoms with van der Waals surface area (Å²) in [5, 5.41) is 0.718. The summed E-state index contributed by atoms with van der Waals surface area (Å²) < 4.78 is 11.6. The van der Waals surface area contributed by atoms with Crippen molar-refractivity contribution < 1.29 is 14.3 Å². The van der Waals surface area contributed by atoms with Gasteiger partial charge in [-0.1, -0.05) is 37.0 Å². The number of amidine groups is 1. The van der Waals surface area contributed by atoms with Crippen LogP contribution < -0.4 is 0 Å². The topological polar surface area (TPSA) is 51.1 Å². The van der Waals surface area contributed by atoms with Crippen molar-refractivity contribution in [2.24, 2.45) is 10.9 Å². The van der Waals surface area contributed by atoms with E-state index < -0.39 is 5.91 Å². The second kappa shape index (κ2) is 8.88. The van der Waals surface area contributed by atoms with E-state index in [1.165, 1.54) is 6.07 Å². The monoisotopic (exact) mass is 386 g/mol. The van der Waals surface area contributed by atoms with Crippen LogP contribution in [0, 0.1) is 5.92 Å². The first-order valence-electron chi connectivity index (χ1n) is 8.37. The van der Waals surface area contributed by atoms with Gasteiger partial charge in [0.15, 0.2) is 0 Å². The van der Waals surface area contributed by atoms with Crippen molar-refractivity contribution in [1.82, 2.24) is 4.90 Å². The summed E-state index contributed by atoms with van der Waals surface area (Å²) >= 11 is 11.9. The Bertz CT molecular complexity index is 639. The van der Waals surface area contributed by atoms with E-state index in [0.717, 1.165) is 0 Å². The maximum atomic E-state index is 12.5. The second-order valence-corrected chi connectivity index (χ2v) is 7.51. The van der Waals surface area contributed by atoms with Gasteiger partial charge in [0.25, 0.3) is 11.9 Å². The Balaban J connectivity index is 2.24. The fourth-order valence-electron chi connectivity index (χ4n) is 2.55. The molecule has 138 valence electrons. The average Bonchev–Trinajstić information content (AvgIpc) is 2.52. The van der Waals surface area contributed by atoms with Gasteiger partial charge in [-0.3, -0.25) is 4.79 Å². The fourth-order valence-corrected chi connectivity index (χ4v) is 2.85. The van der Waals surface area contributed by atoms with Gasteiger partial charge >= 0.3 is 0 Å². The predicted molar refractivity (Wildman–Crippen MR) is 101 cm³/mol. The highest BCUT2D eigenvalue weighted by atomic mass is 35.5. The zero-order valence-electron chi connectivity index (χ0n) is 15.0. The minimum absolute atomic E-state index is 0.0386. The molecular formula is C18H24Cl2N2O3. The van der Waals surface area contributed by atoms with Gasteiger partial charge in [0.05, 0.1) is 28.9 Å². The van der Waals surface area contributed by atoms with Crippen LogP contribution in [0.25, 0.3) is 0 Å². The van der Waals surface area contributed by atoms with Gasteiger partial charge < -0.3 is 14.4 Å². The summed E-state index contributed by atoms with van der Waals surface area (Å²) in [5.41, 5.74) is 0.370. The van der Waals surface area contributed by atoms with Crippen LogP contribution in [-0.2, 0) is 9.47 Å². The van der Waals surface area contributed by atoms with E-state index in [9.17, 15) is 4.79 Å². The minimum Gasteiger partial charge on any atom is -0.465 e. The van der Waals surface area contributed by atoms with E-state index in [-0.39, 0.29) is 12.2 Å². The Hall–Kier alpha value is -1.30. The molecule has 0 aliphatic carbocycles. The van der Waals surface area contributed by atoms with Crippen LogP contribution in [0.4, 0.5) is 0 Å². The molecule has 2 unspecified atom stereocenters. The first-order chi connectivity index (χ1) is 11.8. The molecule has 1 aliphatic heterocycles. The van der Waals surface area contributed by atoms with Crippen molar-refractivity contribution in [1.29, 1.82) is 0 Å². The molecule has 1 aromatic carbocycles. The summed E-state index contributed by atoms with van der Waals surface area (Å²) in [6, 6.07) is 5.03. The standard InChI is InChI=1S/C18H24Cl2N2O3/c1-11(2)10-24-18(22-8-12(3)25-13(4)9-22)21-17(23)14-5-6-15(19)16(20)7-14/h5-7,11-13H,8-10H2,1-4H3. The number of aliphatic imine (C=N–C) groups is 1. The molecule has 0 saturated carbocycles. The van der Waals surface area contributed by atoms with Gasteiger partial charge in [-0.15, -0.1) is 0 Å². The first-order valence-corrected chi connectivity index (χ1v) is 9.13. The molecule has 5 nitrogen and oxygen atoms in total. The molecule has 2 rings (SSSR count). The minimum atomic E-state index is -0.413. The molecule has 1 aliphatic rings. The largest absolute Gasteiger partial charge is 0.465 e. The third-order valence-corrected chi connectivity index (χ3v) is 4.34. The van der Waals surface area contributed by atoms with Crippen molar-refractivity contribution in [3.63, 3.8) is 0 Å². The maximum Gasteiger partial charge on any atom is 0.295 e. The lowest BCUT2D eigenvalue weighted by molar-refractivity contribution is -0.0544. The van der Waals surface area contributed by atoms with Gasteiger partial charge in [-0.25, -0.2) is 0 Å². The van der Waals surface area contributed by atoms with Gasteiger partial charge in [0.1, 0.15) is 0 Å². The zero-order chi connectivity index (χ0) is 18.6. The number of carbonyl (C=O) groups is 1. The molecule has 2 atom stereocenters. The Morgan fingerprint density at radius 3 is 2.48 bits per heavy atom. The van der Waals surface area contributed by atoms with E-state index >= 15 is 0 Å². The van der Waals surface area contributed by atoms with Crippen molar-refractivity contribution in [3.8, 4) is 0 Å². The quantitative estimate of drug-likeness (QED) is 0.574. The van der Waals surface area contributed by atoms with Crippen molar-refractivity contribution in [3.05, 3.63) is 33.8 Å². The molecule has 1 saturated heterocycles. The Morgan fingerprint density at radius 1 is 1.28 bits per heavy atom. The van der Waals surface area contributed by atoms with E-state index in [0.29, 0.717) is 47.2 Å². The summed E-state index contributed by atoms with van der Waals surface area (Å²) in [6.07, 6.45) is 0.0772. The van der Waals surface area contributed by atoms with Crippen LogP contribution in [0.2, 0.25) is 10.0 Å². The van der Waals surface area contributed by atoms with Crippen LogP contribution in [-0.4, -0.2) is 48.7 Å². The van der Waals surface area contributed by atoms with E-state index in [2.05, 4.69) is 4.99 Å². The number of rotatable bonds is 3. The van der Waals surface area contributed by atoms with E-state index in [4.69, 9.17) is 32.7 Å². The molecule has 1 heterocycles. The summed E-state index contributed by atoms with van der Waals surface area (Å²) in [5.74, 6) is -0.0923. The number of morpholine rings is 1. The molecule has 0 N–H and O–H groups in total. The van der Waals surface area contributed by atoms with Crippen LogP contribution in [0.1, 0.15) is 38.1 Å². The highest BCUT2D eigenvalue weighted by molar-refractivity contribution is 6.42. The smallest absolute Gasteiger partial charge is 0.295 e. The number of benzene rings is 1.